The Labute approximate surface area is 108 Å². The highest BCUT2D eigenvalue weighted by atomic mass is 16.4. The van der Waals surface area contributed by atoms with Crippen LogP contribution in [0.3, 0.4) is 0 Å². The number of hydrogen-bond donors (Lipinski definition) is 1. The van der Waals surface area contributed by atoms with E-state index in [1.54, 1.807) is 0 Å². The molecule has 1 unspecified atom stereocenters. The summed E-state index contributed by atoms with van der Waals surface area (Å²) >= 11 is 0. The van der Waals surface area contributed by atoms with Crippen LogP contribution >= 0.6 is 0 Å². The van der Waals surface area contributed by atoms with Gasteiger partial charge in [-0.05, 0) is 50.3 Å². The van der Waals surface area contributed by atoms with Crippen LogP contribution in [0.15, 0.2) is 24.3 Å². The van der Waals surface area contributed by atoms with Crippen molar-refractivity contribution in [3.8, 4) is 0 Å². The number of carbonyl (C=O) groups is 1. The molecule has 0 radical (unpaired) electrons. The third-order valence-electron chi connectivity index (χ3n) is 3.70. The molecule has 0 aromatic heterocycles. The zero-order chi connectivity index (χ0) is 13.0. The maximum Gasteiger partial charge on any atom is 0.303 e. The summed E-state index contributed by atoms with van der Waals surface area (Å²) in [6.07, 6.45) is 4.69. The van der Waals surface area contributed by atoms with E-state index in [0.29, 0.717) is 12.5 Å². The topological polar surface area (TPSA) is 40.5 Å². The molecule has 0 spiro atoms. The molecular formula is C15H21NO2. The van der Waals surface area contributed by atoms with Gasteiger partial charge in [-0.15, -0.1) is 0 Å². The number of carboxylic acids is 1. The Hall–Kier alpha value is -1.51. The average molecular weight is 247 g/mol. The fourth-order valence-corrected chi connectivity index (χ4v) is 2.59. The van der Waals surface area contributed by atoms with Crippen molar-refractivity contribution in [2.24, 2.45) is 0 Å². The second-order valence-electron chi connectivity index (χ2n) is 5.10. The van der Waals surface area contributed by atoms with Crippen LogP contribution in [0.4, 0.5) is 5.69 Å². The molecule has 1 atom stereocenters. The molecule has 2 rings (SSSR count). The van der Waals surface area contributed by atoms with Crippen LogP contribution in [0.5, 0.6) is 0 Å². The minimum Gasteiger partial charge on any atom is -0.481 e. The van der Waals surface area contributed by atoms with Gasteiger partial charge in [-0.2, -0.15) is 0 Å². The van der Waals surface area contributed by atoms with Crippen molar-refractivity contribution in [3.05, 3.63) is 29.8 Å². The molecule has 1 N–H and O–H groups in total. The lowest BCUT2D eigenvalue weighted by Gasteiger charge is -2.35. The van der Waals surface area contributed by atoms with Crippen molar-refractivity contribution in [1.29, 1.82) is 0 Å². The molecule has 18 heavy (non-hydrogen) atoms. The van der Waals surface area contributed by atoms with Gasteiger partial charge in [0.05, 0.1) is 0 Å². The molecule has 1 aromatic rings. The molecule has 3 heteroatoms. The summed E-state index contributed by atoms with van der Waals surface area (Å²) in [5, 5.41) is 8.66. The van der Waals surface area contributed by atoms with Crippen LogP contribution in [0.2, 0.25) is 0 Å². The molecule has 3 nitrogen and oxygen atoms in total. The number of hydrogen-bond acceptors (Lipinski definition) is 2. The zero-order valence-electron chi connectivity index (χ0n) is 10.9. The highest BCUT2D eigenvalue weighted by Gasteiger charge is 2.18. The van der Waals surface area contributed by atoms with Gasteiger partial charge in [0.25, 0.3) is 0 Å². The van der Waals surface area contributed by atoms with E-state index in [-0.39, 0.29) is 6.42 Å². The number of anilines is 1. The lowest BCUT2D eigenvalue weighted by atomic mass is 10.0. The van der Waals surface area contributed by atoms with Crippen LogP contribution in [0.1, 0.15) is 38.2 Å². The van der Waals surface area contributed by atoms with E-state index in [2.05, 4.69) is 36.1 Å². The van der Waals surface area contributed by atoms with E-state index in [1.807, 2.05) is 0 Å². The molecule has 1 aliphatic heterocycles. The average Bonchev–Trinajstić information content (AvgIpc) is 2.38. The summed E-state index contributed by atoms with van der Waals surface area (Å²) in [5.41, 5.74) is 2.37. The van der Waals surface area contributed by atoms with Crippen LogP contribution < -0.4 is 4.90 Å². The van der Waals surface area contributed by atoms with Gasteiger partial charge in [-0.3, -0.25) is 4.79 Å². The number of aliphatic carboxylic acids is 1. The van der Waals surface area contributed by atoms with Gasteiger partial charge in [0.2, 0.25) is 0 Å². The van der Waals surface area contributed by atoms with Crippen LogP contribution in [-0.4, -0.2) is 23.7 Å². The maximum absolute atomic E-state index is 10.5. The van der Waals surface area contributed by atoms with Crippen molar-refractivity contribution in [3.63, 3.8) is 0 Å². The fraction of sp³-hybridized carbons (Fsp3) is 0.533. The molecule has 1 aliphatic rings. The predicted molar refractivity (Wildman–Crippen MR) is 73.1 cm³/mol. The summed E-state index contributed by atoms with van der Waals surface area (Å²) in [6, 6.07) is 8.97. The van der Waals surface area contributed by atoms with Gasteiger partial charge >= 0.3 is 5.97 Å². The van der Waals surface area contributed by atoms with Crippen molar-refractivity contribution in [2.75, 3.05) is 11.4 Å². The third-order valence-corrected chi connectivity index (χ3v) is 3.70. The zero-order valence-corrected chi connectivity index (χ0v) is 10.9. The standard InChI is InChI=1S/C15H21NO2/c1-12-4-2-3-11-16(12)14-8-5-13(6-9-14)7-10-15(17)18/h5-6,8-9,12H,2-4,7,10-11H2,1H3,(H,17,18). The highest BCUT2D eigenvalue weighted by molar-refractivity contribution is 5.67. The molecule has 1 saturated heterocycles. The van der Waals surface area contributed by atoms with Crippen molar-refractivity contribution in [2.45, 2.75) is 45.1 Å². The lowest BCUT2D eigenvalue weighted by molar-refractivity contribution is -0.136. The number of aryl methyl sites for hydroxylation is 1. The normalized spacial score (nSPS) is 19.8. The SMILES string of the molecule is CC1CCCCN1c1ccc(CCC(=O)O)cc1. The number of benzene rings is 1. The van der Waals surface area contributed by atoms with E-state index >= 15 is 0 Å². The van der Waals surface area contributed by atoms with Crippen molar-refractivity contribution in [1.82, 2.24) is 0 Å². The first-order valence-corrected chi connectivity index (χ1v) is 6.74. The molecule has 0 aliphatic carbocycles. The Balaban J connectivity index is 2.00. The minimum absolute atomic E-state index is 0.208. The summed E-state index contributed by atoms with van der Waals surface area (Å²) in [5.74, 6) is -0.733. The minimum atomic E-state index is -0.733. The van der Waals surface area contributed by atoms with E-state index in [9.17, 15) is 4.79 Å². The van der Waals surface area contributed by atoms with Gasteiger partial charge in [-0.1, -0.05) is 12.1 Å². The van der Waals surface area contributed by atoms with Crippen molar-refractivity contribution < 1.29 is 9.90 Å². The first-order valence-electron chi connectivity index (χ1n) is 6.74. The number of carboxylic acid groups (broad SMARTS) is 1. The van der Waals surface area contributed by atoms with Gasteiger partial charge in [0.15, 0.2) is 0 Å². The Kier molecular flexibility index (Phi) is 4.24. The summed E-state index contributed by atoms with van der Waals surface area (Å²) in [7, 11) is 0. The van der Waals surface area contributed by atoms with Crippen LogP contribution in [0.25, 0.3) is 0 Å². The summed E-state index contributed by atoms with van der Waals surface area (Å²) < 4.78 is 0. The molecule has 1 heterocycles. The van der Waals surface area contributed by atoms with E-state index in [0.717, 1.165) is 12.1 Å². The predicted octanol–water partition coefficient (Wildman–Crippen LogP) is 3.08. The molecule has 0 bridgehead atoms. The second kappa shape index (κ2) is 5.89. The summed E-state index contributed by atoms with van der Waals surface area (Å²) in [4.78, 5) is 13.0. The third kappa shape index (κ3) is 3.25. The monoisotopic (exact) mass is 247 g/mol. The Bertz CT molecular complexity index is 399. The Morgan fingerprint density at radius 1 is 1.33 bits per heavy atom. The highest BCUT2D eigenvalue weighted by Crippen LogP contribution is 2.24. The molecule has 0 saturated carbocycles. The molecule has 1 fully saturated rings. The number of piperidine rings is 1. The van der Waals surface area contributed by atoms with E-state index in [4.69, 9.17) is 5.11 Å². The van der Waals surface area contributed by atoms with Gasteiger partial charge in [0.1, 0.15) is 0 Å². The molecule has 98 valence electrons. The second-order valence-corrected chi connectivity index (χ2v) is 5.10. The lowest BCUT2D eigenvalue weighted by Crippen LogP contribution is -2.37. The first-order chi connectivity index (χ1) is 8.66. The van der Waals surface area contributed by atoms with Gasteiger partial charge in [-0.25, -0.2) is 0 Å². The smallest absolute Gasteiger partial charge is 0.303 e. The van der Waals surface area contributed by atoms with E-state index in [1.165, 1.54) is 24.9 Å². The number of nitrogens with zero attached hydrogens (tertiary/aromatic N) is 1. The molecule has 0 amide bonds. The Morgan fingerprint density at radius 3 is 2.67 bits per heavy atom. The summed E-state index contributed by atoms with van der Waals surface area (Å²) in [6.45, 7) is 3.41. The van der Waals surface area contributed by atoms with Gasteiger partial charge < -0.3 is 10.0 Å². The van der Waals surface area contributed by atoms with Crippen LogP contribution in [0, 0.1) is 0 Å². The quantitative estimate of drug-likeness (QED) is 0.889. The maximum atomic E-state index is 10.5. The molecule has 1 aromatic carbocycles. The van der Waals surface area contributed by atoms with Crippen molar-refractivity contribution >= 4 is 11.7 Å². The first kappa shape index (κ1) is 12.9. The number of rotatable bonds is 4. The molecular weight excluding hydrogens is 226 g/mol. The fourth-order valence-electron chi connectivity index (χ4n) is 2.59. The largest absolute Gasteiger partial charge is 0.481 e. The van der Waals surface area contributed by atoms with Gasteiger partial charge in [0, 0.05) is 24.7 Å². The Morgan fingerprint density at radius 2 is 2.06 bits per heavy atom. The van der Waals surface area contributed by atoms with Crippen LogP contribution in [-0.2, 0) is 11.2 Å². The van der Waals surface area contributed by atoms with E-state index < -0.39 is 5.97 Å².